The Kier molecular flexibility index (Phi) is 8.38. The van der Waals surface area contributed by atoms with Crippen LogP contribution < -0.4 is 33.2 Å². The number of esters is 1. The van der Waals surface area contributed by atoms with Gasteiger partial charge >= 0.3 is 11.9 Å². The predicted molar refractivity (Wildman–Crippen MR) is 132 cm³/mol. The molecular weight excluding hydrogens is 488 g/mol. The van der Waals surface area contributed by atoms with Gasteiger partial charge in [-0.05, 0) is 23.8 Å². The minimum Gasteiger partial charge on any atom is -0.495 e. The van der Waals surface area contributed by atoms with Gasteiger partial charge in [0, 0.05) is 5.39 Å². The number of rotatable bonds is 11. The SMILES string of the molecule is COC(=O)c1c(C(=O)O)c(OC)c2cc(OC)c(OC)c(OC)c2c1OCc1ccc(OC)c(OC)c1. The molecule has 0 atom stereocenters. The number of aromatic carboxylic acids is 1. The highest BCUT2D eigenvalue weighted by Gasteiger charge is 2.34. The van der Waals surface area contributed by atoms with Crippen LogP contribution in [0.1, 0.15) is 26.3 Å². The molecule has 0 aliphatic carbocycles. The summed E-state index contributed by atoms with van der Waals surface area (Å²) in [5, 5.41) is 10.6. The van der Waals surface area contributed by atoms with Crippen molar-refractivity contribution in [2.45, 2.75) is 6.61 Å². The zero-order valence-electron chi connectivity index (χ0n) is 21.5. The lowest BCUT2D eigenvalue weighted by atomic mass is 9.96. The van der Waals surface area contributed by atoms with Crippen LogP contribution in [0.25, 0.3) is 10.8 Å². The van der Waals surface area contributed by atoms with Crippen LogP contribution in [0, 0.1) is 0 Å². The third-order valence-electron chi connectivity index (χ3n) is 5.64. The number of fused-ring (bicyclic) bond motifs is 1. The maximum atomic E-state index is 13.0. The van der Waals surface area contributed by atoms with E-state index in [1.165, 1.54) is 48.7 Å². The van der Waals surface area contributed by atoms with Gasteiger partial charge in [0.25, 0.3) is 0 Å². The number of carboxylic acids is 1. The molecule has 0 spiro atoms. The van der Waals surface area contributed by atoms with E-state index in [2.05, 4.69) is 0 Å². The molecule has 0 heterocycles. The maximum absolute atomic E-state index is 13.0. The van der Waals surface area contributed by atoms with Crippen LogP contribution in [0.3, 0.4) is 0 Å². The minimum absolute atomic E-state index is 0.0810. The molecule has 0 saturated heterocycles. The van der Waals surface area contributed by atoms with Crippen molar-refractivity contribution in [1.29, 1.82) is 0 Å². The van der Waals surface area contributed by atoms with Crippen molar-refractivity contribution in [1.82, 2.24) is 0 Å². The van der Waals surface area contributed by atoms with Crippen LogP contribution in [0.5, 0.6) is 40.2 Å². The third-order valence-corrected chi connectivity index (χ3v) is 5.64. The zero-order valence-corrected chi connectivity index (χ0v) is 21.5. The fourth-order valence-corrected chi connectivity index (χ4v) is 4.03. The summed E-state index contributed by atoms with van der Waals surface area (Å²) < 4.78 is 43.8. The fourth-order valence-electron chi connectivity index (χ4n) is 4.03. The summed E-state index contributed by atoms with van der Waals surface area (Å²) in [6, 6.07) is 6.65. The van der Waals surface area contributed by atoms with Gasteiger partial charge in [0.1, 0.15) is 29.2 Å². The van der Waals surface area contributed by atoms with Crippen LogP contribution in [-0.2, 0) is 11.3 Å². The Labute approximate surface area is 213 Å². The van der Waals surface area contributed by atoms with Crippen LogP contribution >= 0.6 is 0 Å². The molecule has 0 radical (unpaired) electrons. The van der Waals surface area contributed by atoms with E-state index in [1.807, 2.05) is 0 Å². The Morgan fingerprint density at radius 1 is 0.676 bits per heavy atom. The summed E-state index contributed by atoms with van der Waals surface area (Å²) in [4.78, 5) is 25.4. The summed E-state index contributed by atoms with van der Waals surface area (Å²) >= 11 is 0. The molecule has 11 nitrogen and oxygen atoms in total. The zero-order chi connectivity index (χ0) is 27.3. The van der Waals surface area contributed by atoms with Gasteiger partial charge in [0.15, 0.2) is 23.0 Å². The van der Waals surface area contributed by atoms with Gasteiger partial charge in [-0.15, -0.1) is 0 Å². The van der Waals surface area contributed by atoms with Crippen molar-refractivity contribution in [3.63, 3.8) is 0 Å². The standard InChI is InChI=1S/C26H28O11/c1-30-15-9-8-13(10-16(15)31-2)12-37-23-18-14(11-17(32-3)22(34-5)24(18)35-6)21(33-4)19(25(27)28)20(23)26(29)36-7/h8-11H,12H2,1-7H3,(H,27,28). The number of carbonyl (C=O) groups excluding carboxylic acids is 1. The van der Waals surface area contributed by atoms with Gasteiger partial charge in [-0.25, -0.2) is 9.59 Å². The molecule has 198 valence electrons. The first-order valence-electron chi connectivity index (χ1n) is 10.8. The van der Waals surface area contributed by atoms with Crippen LogP contribution in [0.4, 0.5) is 0 Å². The van der Waals surface area contributed by atoms with E-state index in [-0.39, 0.29) is 51.7 Å². The number of hydrogen-bond acceptors (Lipinski definition) is 10. The first-order chi connectivity index (χ1) is 17.8. The molecule has 3 aromatic rings. The van der Waals surface area contributed by atoms with E-state index in [0.29, 0.717) is 17.1 Å². The predicted octanol–water partition coefficient (Wildman–Crippen LogP) is 3.96. The van der Waals surface area contributed by atoms with Crippen molar-refractivity contribution >= 4 is 22.7 Å². The number of ether oxygens (including phenoxy) is 8. The Balaban J connectivity index is 2.42. The van der Waals surface area contributed by atoms with E-state index < -0.39 is 17.5 Å². The highest BCUT2D eigenvalue weighted by atomic mass is 16.5. The van der Waals surface area contributed by atoms with Gasteiger partial charge in [-0.3, -0.25) is 0 Å². The van der Waals surface area contributed by atoms with E-state index in [1.54, 1.807) is 18.2 Å². The van der Waals surface area contributed by atoms with Gasteiger partial charge < -0.3 is 43.0 Å². The Hall–Kier alpha value is -4.54. The van der Waals surface area contributed by atoms with Gasteiger partial charge in [0.2, 0.25) is 5.75 Å². The second kappa shape index (κ2) is 11.5. The maximum Gasteiger partial charge on any atom is 0.342 e. The average Bonchev–Trinajstić information content (AvgIpc) is 2.92. The van der Waals surface area contributed by atoms with E-state index >= 15 is 0 Å². The number of carbonyl (C=O) groups is 2. The Morgan fingerprint density at radius 3 is 1.81 bits per heavy atom. The number of benzene rings is 3. The molecule has 0 fully saturated rings. The summed E-state index contributed by atoms with van der Waals surface area (Å²) in [5.74, 6) is -1.02. The third kappa shape index (κ3) is 4.80. The largest absolute Gasteiger partial charge is 0.495 e. The molecule has 0 amide bonds. The first kappa shape index (κ1) is 27.1. The minimum atomic E-state index is -1.43. The summed E-state index contributed by atoms with van der Waals surface area (Å²) in [7, 11) is 9.67. The van der Waals surface area contributed by atoms with Gasteiger partial charge in [0.05, 0.1) is 55.2 Å². The summed E-state index contributed by atoms with van der Waals surface area (Å²) in [6.45, 7) is -0.0810. The molecule has 0 aliphatic rings. The van der Waals surface area contributed by atoms with Gasteiger partial charge in [-0.2, -0.15) is 0 Å². The Morgan fingerprint density at radius 2 is 1.30 bits per heavy atom. The van der Waals surface area contributed by atoms with Crippen LogP contribution in [-0.4, -0.2) is 66.8 Å². The lowest BCUT2D eigenvalue weighted by Crippen LogP contribution is -2.15. The quantitative estimate of drug-likeness (QED) is 0.372. The van der Waals surface area contributed by atoms with Crippen molar-refractivity contribution < 1.29 is 52.6 Å². The van der Waals surface area contributed by atoms with Crippen LogP contribution in [0.15, 0.2) is 24.3 Å². The normalized spacial score (nSPS) is 10.5. The summed E-state index contributed by atoms with van der Waals surface area (Å²) in [5.41, 5.74) is -0.155. The topological polar surface area (TPSA) is 128 Å². The smallest absolute Gasteiger partial charge is 0.342 e. The van der Waals surface area contributed by atoms with Gasteiger partial charge in [-0.1, -0.05) is 6.07 Å². The average molecular weight is 516 g/mol. The van der Waals surface area contributed by atoms with Crippen molar-refractivity contribution in [2.24, 2.45) is 0 Å². The molecule has 3 aromatic carbocycles. The van der Waals surface area contributed by atoms with Crippen molar-refractivity contribution in [3.8, 4) is 40.2 Å². The van der Waals surface area contributed by atoms with Crippen LogP contribution in [0.2, 0.25) is 0 Å². The molecule has 0 aromatic heterocycles. The molecule has 0 unspecified atom stereocenters. The van der Waals surface area contributed by atoms with Crippen molar-refractivity contribution in [3.05, 3.63) is 41.0 Å². The fraction of sp³-hybridized carbons (Fsp3) is 0.308. The van der Waals surface area contributed by atoms with Crippen molar-refractivity contribution in [2.75, 3.05) is 49.8 Å². The molecule has 11 heteroatoms. The molecule has 0 aliphatic heterocycles. The number of methoxy groups -OCH3 is 7. The molecular formula is C26H28O11. The second-order valence-corrected chi connectivity index (χ2v) is 7.46. The van der Waals surface area contributed by atoms with E-state index in [4.69, 9.17) is 37.9 Å². The molecule has 0 bridgehead atoms. The molecule has 3 rings (SSSR count). The monoisotopic (exact) mass is 516 g/mol. The lowest BCUT2D eigenvalue weighted by molar-refractivity contribution is 0.0576. The van der Waals surface area contributed by atoms with E-state index in [9.17, 15) is 14.7 Å². The van der Waals surface area contributed by atoms with E-state index in [0.717, 1.165) is 7.11 Å². The number of hydrogen-bond donors (Lipinski definition) is 1. The highest BCUT2D eigenvalue weighted by molar-refractivity contribution is 6.16. The Bertz CT molecular complexity index is 1330. The molecule has 37 heavy (non-hydrogen) atoms. The number of carboxylic acid groups (broad SMARTS) is 1. The highest BCUT2D eigenvalue weighted by Crippen LogP contribution is 2.52. The second-order valence-electron chi connectivity index (χ2n) is 7.46. The first-order valence-corrected chi connectivity index (χ1v) is 10.8. The molecule has 0 saturated carbocycles. The lowest BCUT2D eigenvalue weighted by Gasteiger charge is -2.22. The summed E-state index contributed by atoms with van der Waals surface area (Å²) in [6.07, 6.45) is 0. The molecule has 1 N–H and O–H groups in total.